The quantitative estimate of drug-likeness (QED) is 0.541. The first-order valence-electron chi connectivity index (χ1n) is 9.89. The second-order valence-corrected chi connectivity index (χ2v) is 12.5. The molecule has 3 rings (SSSR count). The summed E-state index contributed by atoms with van der Waals surface area (Å²) in [6.07, 6.45) is 1.54. The van der Waals surface area contributed by atoms with Gasteiger partial charge < -0.3 is 4.90 Å². The van der Waals surface area contributed by atoms with Crippen molar-refractivity contribution in [3.8, 4) is 6.07 Å². The number of hydrogen-bond donors (Lipinski definition) is 1. The maximum absolute atomic E-state index is 12.8. The first-order chi connectivity index (χ1) is 15.0. The Hall–Kier alpha value is -2.34. The van der Waals surface area contributed by atoms with Gasteiger partial charge >= 0.3 is 0 Å². The Balaban J connectivity index is 1.96. The van der Waals surface area contributed by atoms with E-state index in [-0.39, 0.29) is 37.0 Å². The van der Waals surface area contributed by atoms with Gasteiger partial charge in [-0.2, -0.15) is 18.9 Å². The number of hydrogen-bond acceptors (Lipinski definition) is 10. The van der Waals surface area contributed by atoms with Gasteiger partial charge in [0.15, 0.2) is 0 Å². The average Bonchev–Trinajstić information content (AvgIpc) is 3.12. The molecule has 0 unspecified atom stereocenters. The number of anilines is 3. The maximum atomic E-state index is 12.8. The molecule has 11 nitrogen and oxygen atoms in total. The summed E-state index contributed by atoms with van der Waals surface area (Å²) in [5, 5.41) is 9.59. The van der Waals surface area contributed by atoms with Crippen molar-refractivity contribution in [2.75, 3.05) is 33.8 Å². The molecule has 0 amide bonds. The van der Waals surface area contributed by atoms with E-state index in [0.717, 1.165) is 15.8 Å². The Bertz CT molecular complexity index is 1250. The molecule has 3 heterocycles. The number of aryl methyl sites for hydroxylation is 2. The van der Waals surface area contributed by atoms with Crippen LogP contribution in [-0.4, -0.2) is 61.3 Å². The highest BCUT2D eigenvalue weighted by atomic mass is 32.2. The van der Waals surface area contributed by atoms with E-state index in [1.165, 1.54) is 20.0 Å². The molecule has 0 aliphatic carbocycles. The van der Waals surface area contributed by atoms with E-state index in [1.807, 2.05) is 11.0 Å². The van der Waals surface area contributed by atoms with Gasteiger partial charge in [0.2, 0.25) is 26.0 Å². The molecular weight excluding hydrogens is 474 g/mol. The zero-order valence-electron chi connectivity index (χ0n) is 18.2. The molecule has 14 heteroatoms. The zero-order valence-corrected chi connectivity index (χ0v) is 20.7. The van der Waals surface area contributed by atoms with Crippen LogP contribution < -0.4 is 13.9 Å². The molecule has 0 radical (unpaired) electrons. The molecule has 174 valence electrons. The third-order valence-electron chi connectivity index (χ3n) is 5.03. The van der Waals surface area contributed by atoms with E-state index in [1.54, 1.807) is 19.9 Å². The molecule has 1 N–H and O–H groups in total. The van der Waals surface area contributed by atoms with Gasteiger partial charge in [0, 0.05) is 24.8 Å². The van der Waals surface area contributed by atoms with Gasteiger partial charge in [-0.1, -0.05) is 0 Å². The first-order valence-corrected chi connectivity index (χ1v) is 13.9. The molecule has 0 atom stereocenters. The summed E-state index contributed by atoms with van der Waals surface area (Å²) in [7, 11) is -7.24. The lowest BCUT2D eigenvalue weighted by atomic mass is 9.88. The molecule has 1 aliphatic heterocycles. The highest BCUT2D eigenvalue weighted by Crippen LogP contribution is 2.35. The smallest absolute Gasteiger partial charge is 0.246 e. The van der Waals surface area contributed by atoms with Gasteiger partial charge in [0.05, 0.1) is 35.2 Å². The number of nitriles is 1. The Morgan fingerprint density at radius 1 is 1.25 bits per heavy atom. The van der Waals surface area contributed by atoms with Gasteiger partial charge in [-0.25, -0.2) is 26.5 Å². The largest absolute Gasteiger partial charge is 0.352 e. The van der Waals surface area contributed by atoms with E-state index in [0.29, 0.717) is 22.1 Å². The maximum Gasteiger partial charge on any atom is 0.246 e. The monoisotopic (exact) mass is 499 g/mol. The summed E-state index contributed by atoms with van der Waals surface area (Å²) in [5.41, 5.74) is 0.471. The van der Waals surface area contributed by atoms with Crippen LogP contribution in [0.25, 0.3) is 0 Å². The number of nitrogens with one attached hydrogen (secondary N) is 1. The molecule has 2 aromatic heterocycles. The summed E-state index contributed by atoms with van der Waals surface area (Å²) in [6.45, 7) is 7.09. The first kappa shape index (κ1) is 24.3. The summed E-state index contributed by atoms with van der Waals surface area (Å²) in [6, 6.07) is 3.70. The van der Waals surface area contributed by atoms with Gasteiger partial charge in [-0.3, -0.25) is 0 Å². The second kappa shape index (κ2) is 8.89. The van der Waals surface area contributed by atoms with Gasteiger partial charge in [-0.05, 0) is 45.3 Å². The molecule has 32 heavy (non-hydrogen) atoms. The average molecular weight is 500 g/mol. The van der Waals surface area contributed by atoms with E-state index < -0.39 is 25.6 Å². The number of aromatic nitrogens is 3. The summed E-state index contributed by atoms with van der Waals surface area (Å²) in [4.78, 5) is 10.6. The van der Waals surface area contributed by atoms with Gasteiger partial charge in [0.25, 0.3) is 0 Å². The van der Waals surface area contributed by atoms with E-state index in [9.17, 15) is 22.1 Å². The highest BCUT2D eigenvalue weighted by Gasteiger charge is 2.46. The van der Waals surface area contributed by atoms with Crippen LogP contribution in [0.1, 0.15) is 31.5 Å². The van der Waals surface area contributed by atoms with Crippen molar-refractivity contribution in [1.29, 1.82) is 5.26 Å². The van der Waals surface area contributed by atoms with Crippen LogP contribution in [-0.2, 0) is 20.0 Å². The Morgan fingerprint density at radius 2 is 1.94 bits per heavy atom. The normalized spacial score (nSPS) is 15.8. The van der Waals surface area contributed by atoms with Crippen molar-refractivity contribution in [1.82, 2.24) is 19.1 Å². The van der Waals surface area contributed by atoms with Crippen LogP contribution in [0.2, 0.25) is 0 Å². The Morgan fingerprint density at radius 3 is 2.47 bits per heavy atom. The second-order valence-electron chi connectivity index (χ2n) is 7.62. The van der Waals surface area contributed by atoms with E-state index >= 15 is 0 Å². The van der Waals surface area contributed by atoms with Crippen molar-refractivity contribution in [3.63, 3.8) is 0 Å². The number of nitrogens with zero attached hydrogens (tertiary/aromatic N) is 6. The fourth-order valence-corrected chi connectivity index (χ4v) is 6.41. The van der Waals surface area contributed by atoms with Crippen LogP contribution in [0.5, 0.6) is 0 Å². The van der Waals surface area contributed by atoms with E-state index in [2.05, 4.69) is 19.1 Å². The molecule has 0 bridgehead atoms. The predicted molar refractivity (Wildman–Crippen MR) is 123 cm³/mol. The SMILES string of the molecule is CCS(=O)(=O)NC1(CC#N)CN(c2nc(N(c3cc(C)ns3)S(=O)(=O)CC)ncc2C)C1. The highest BCUT2D eigenvalue weighted by molar-refractivity contribution is 7.93. The van der Waals surface area contributed by atoms with Crippen LogP contribution in [0.3, 0.4) is 0 Å². The third-order valence-corrected chi connectivity index (χ3v) is 9.16. The molecule has 0 aromatic carbocycles. The summed E-state index contributed by atoms with van der Waals surface area (Å²) < 4.78 is 57.7. The van der Waals surface area contributed by atoms with Crippen LogP contribution in [0.15, 0.2) is 12.3 Å². The van der Waals surface area contributed by atoms with Crippen molar-refractivity contribution in [3.05, 3.63) is 23.5 Å². The van der Waals surface area contributed by atoms with Crippen molar-refractivity contribution in [2.45, 2.75) is 39.7 Å². The topological polar surface area (TPSA) is 149 Å². The Labute approximate surface area is 192 Å². The van der Waals surface area contributed by atoms with Crippen LogP contribution in [0, 0.1) is 25.2 Å². The lowest BCUT2D eigenvalue weighted by Gasteiger charge is -2.50. The fourth-order valence-electron chi connectivity index (χ4n) is 3.38. The van der Waals surface area contributed by atoms with Crippen molar-refractivity contribution < 1.29 is 16.8 Å². The minimum Gasteiger partial charge on any atom is -0.352 e. The fraction of sp³-hybridized carbons (Fsp3) is 0.556. The lowest BCUT2D eigenvalue weighted by Crippen LogP contribution is -2.70. The van der Waals surface area contributed by atoms with Crippen molar-refractivity contribution in [2.24, 2.45) is 0 Å². The van der Waals surface area contributed by atoms with Crippen LogP contribution in [0.4, 0.5) is 16.8 Å². The molecule has 1 saturated heterocycles. The summed E-state index contributed by atoms with van der Waals surface area (Å²) >= 11 is 1.04. The molecule has 1 fully saturated rings. The van der Waals surface area contributed by atoms with Crippen LogP contribution >= 0.6 is 11.5 Å². The molecule has 0 saturated carbocycles. The number of sulfonamides is 2. The predicted octanol–water partition coefficient (Wildman–Crippen LogP) is 1.45. The zero-order chi connectivity index (χ0) is 23.7. The number of rotatable bonds is 9. The third kappa shape index (κ3) is 4.85. The minimum atomic E-state index is -3.73. The molecule has 2 aromatic rings. The lowest BCUT2D eigenvalue weighted by molar-refractivity contribution is 0.303. The van der Waals surface area contributed by atoms with Crippen molar-refractivity contribution >= 4 is 48.3 Å². The summed E-state index contributed by atoms with van der Waals surface area (Å²) in [5.74, 6) is 0.235. The molecule has 1 aliphatic rings. The van der Waals surface area contributed by atoms with Gasteiger partial charge in [0.1, 0.15) is 10.8 Å². The molecular formula is C18H25N7O4S3. The Kier molecular flexibility index (Phi) is 6.75. The van der Waals surface area contributed by atoms with Gasteiger partial charge in [-0.15, -0.1) is 0 Å². The molecule has 0 spiro atoms. The minimum absolute atomic E-state index is 0.0101. The van der Waals surface area contributed by atoms with E-state index in [4.69, 9.17) is 0 Å². The standard InChI is InChI=1S/C18H25N7O4S3/c1-5-31(26,27)23-18(7-8-19)11-24(12-18)16-13(3)10-20-17(21-16)25(32(28,29)6-2)15-9-14(4)22-30-15/h9-10,23H,5-7,11-12H2,1-4H3.